The van der Waals surface area contributed by atoms with Gasteiger partial charge in [0.1, 0.15) is 0 Å². The van der Waals surface area contributed by atoms with Crippen molar-refractivity contribution in [2.24, 2.45) is 0 Å². The van der Waals surface area contributed by atoms with Crippen molar-refractivity contribution in [3.05, 3.63) is 16.3 Å². The first-order chi connectivity index (χ1) is 9.56. The first-order valence-corrected chi connectivity index (χ1v) is 9.60. The van der Waals surface area contributed by atoms with E-state index in [2.05, 4.69) is 19.2 Å². The van der Waals surface area contributed by atoms with Crippen LogP contribution >= 0.6 is 11.3 Å². The van der Waals surface area contributed by atoms with Crippen LogP contribution in [0.15, 0.2) is 16.3 Å². The van der Waals surface area contributed by atoms with Gasteiger partial charge in [-0.15, -0.1) is 11.3 Å². The zero-order valence-electron chi connectivity index (χ0n) is 12.7. The zero-order valence-corrected chi connectivity index (χ0v) is 14.3. The van der Waals surface area contributed by atoms with Gasteiger partial charge in [-0.25, -0.2) is 8.42 Å². The van der Waals surface area contributed by atoms with Crippen molar-refractivity contribution in [3.8, 4) is 0 Å². The van der Waals surface area contributed by atoms with E-state index in [0.29, 0.717) is 24.5 Å². The second kappa shape index (κ2) is 8.77. The van der Waals surface area contributed by atoms with Crippen molar-refractivity contribution in [2.45, 2.75) is 51.0 Å². The Morgan fingerprint density at radius 1 is 1.20 bits per heavy atom. The van der Waals surface area contributed by atoms with Crippen LogP contribution in [-0.2, 0) is 16.6 Å². The Balaban J connectivity index is 2.88. The summed E-state index contributed by atoms with van der Waals surface area (Å²) in [6.07, 6.45) is 3.84. The fourth-order valence-corrected chi connectivity index (χ4v) is 4.72. The van der Waals surface area contributed by atoms with Crippen LogP contribution in [0.2, 0.25) is 0 Å². The van der Waals surface area contributed by atoms with Crippen LogP contribution < -0.4 is 5.32 Å². The number of unbranched alkanes of at least 4 members (excludes halogenated alkanes) is 2. The highest BCUT2D eigenvalue weighted by atomic mass is 32.2. The van der Waals surface area contributed by atoms with Gasteiger partial charge in [-0.2, -0.15) is 4.31 Å². The maximum Gasteiger partial charge on any atom is 0.243 e. The standard InChI is InChI=1S/C14H26N2O2S2/c1-4-6-8-16(9-7-5-2)20(17,18)14-10-13(11-15-3)19-12-14/h10,12,15H,4-9,11H2,1-3H3. The molecule has 0 radical (unpaired) electrons. The average molecular weight is 319 g/mol. The lowest BCUT2D eigenvalue weighted by molar-refractivity contribution is 0.395. The highest BCUT2D eigenvalue weighted by Crippen LogP contribution is 2.23. The minimum Gasteiger partial charge on any atom is -0.315 e. The van der Waals surface area contributed by atoms with Crippen LogP contribution in [0.1, 0.15) is 44.4 Å². The van der Waals surface area contributed by atoms with Crippen LogP contribution in [0.3, 0.4) is 0 Å². The summed E-state index contributed by atoms with van der Waals surface area (Å²) in [6, 6.07) is 1.79. The third-order valence-electron chi connectivity index (χ3n) is 3.14. The van der Waals surface area contributed by atoms with Crippen LogP contribution in [0, 0.1) is 0 Å². The first kappa shape index (κ1) is 17.6. The topological polar surface area (TPSA) is 49.4 Å². The molecule has 20 heavy (non-hydrogen) atoms. The van der Waals surface area contributed by atoms with Crippen molar-refractivity contribution < 1.29 is 8.42 Å². The molecule has 116 valence electrons. The fraction of sp³-hybridized carbons (Fsp3) is 0.714. The average Bonchev–Trinajstić information content (AvgIpc) is 2.88. The number of rotatable bonds is 10. The molecule has 0 fully saturated rings. The minimum absolute atomic E-state index is 0.444. The number of hydrogen-bond donors (Lipinski definition) is 1. The van der Waals surface area contributed by atoms with E-state index in [1.165, 1.54) is 11.3 Å². The molecular formula is C14H26N2O2S2. The zero-order chi connectivity index (χ0) is 15.0. The molecule has 1 aromatic heterocycles. The predicted octanol–water partition coefficient (Wildman–Crippen LogP) is 3.06. The monoisotopic (exact) mass is 318 g/mol. The molecule has 0 unspecified atom stereocenters. The Morgan fingerprint density at radius 2 is 1.80 bits per heavy atom. The maximum atomic E-state index is 12.7. The molecule has 0 amide bonds. The number of nitrogens with zero attached hydrogens (tertiary/aromatic N) is 1. The Morgan fingerprint density at radius 3 is 2.30 bits per heavy atom. The van der Waals surface area contributed by atoms with Crippen molar-refractivity contribution in [1.82, 2.24) is 9.62 Å². The second-order valence-corrected chi connectivity index (χ2v) is 7.82. The van der Waals surface area contributed by atoms with E-state index in [9.17, 15) is 8.42 Å². The molecule has 1 aromatic rings. The normalized spacial score (nSPS) is 12.2. The summed E-state index contributed by atoms with van der Waals surface area (Å²) in [6.45, 7) is 6.12. The van der Waals surface area contributed by atoms with E-state index in [-0.39, 0.29) is 0 Å². The van der Waals surface area contributed by atoms with Crippen LogP contribution in [0.5, 0.6) is 0 Å². The van der Waals surface area contributed by atoms with Gasteiger partial charge in [0.2, 0.25) is 10.0 Å². The fourth-order valence-electron chi connectivity index (χ4n) is 1.93. The van der Waals surface area contributed by atoms with E-state index >= 15 is 0 Å². The van der Waals surface area contributed by atoms with Crippen molar-refractivity contribution >= 4 is 21.4 Å². The summed E-state index contributed by atoms with van der Waals surface area (Å²) < 4.78 is 27.0. The SMILES string of the molecule is CCCCN(CCCC)S(=O)(=O)c1csc(CNC)c1. The largest absolute Gasteiger partial charge is 0.315 e. The lowest BCUT2D eigenvalue weighted by atomic mass is 10.3. The quantitative estimate of drug-likeness (QED) is 0.721. The third kappa shape index (κ3) is 4.84. The second-order valence-electron chi connectivity index (χ2n) is 4.89. The smallest absolute Gasteiger partial charge is 0.243 e. The molecule has 1 rings (SSSR count). The van der Waals surface area contributed by atoms with Gasteiger partial charge >= 0.3 is 0 Å². The van der Waals surface area contributed by atoms with Gasteiger partial charge in [0.15, 0.2) is 0 Å². The molecule has 0 atom stereocenters. The van der Waals surface area contributed by atoms with Gasteiger partial charge in [-0.05, 0) is 26.0 Å². The number of hydrogen-bond acceptors (Lipinski definition) is 4. The van der Waals surface area contributed by atoms with E-state index < -0.39 is 10.0 Å². The van der Waals surface area contributed by atoms with E-state index in [1.54, 1.807) is 15.8 Å². The lowest BCUT2D eigenvalue weighted by Crippen LogP contribution is -2.32. The predicted molar refractivity (Wildman–Crippen MR) is 85.7 cm³/mol. The Hall–Kier alpha value is -0.430. The van der Waals surface area contributed by atoms with Crippen molar-refractivity contribution in [3.63, 3.8) is 0 Å². The van der Waals surface area contributed by atoms with Gasteiger partial charge in [-0.1, -0.05) is 26.7 Å². The minimum atomic E-state index is -3.33. The van der Waals surface area contributed by atoms with Gasteiger partial charge in [0.05, 0.1) is 4.90 Å². The molecule has 0 aliphatic carbocycles. The van der Waals surface area contributed by atoms with E-state index in [1.807, 2.05) is 7.05 Å². The number of sulfonamides is 1. The van der Waals surface area contributed by atoms with E-state index in [4.69, 9.17) is 0 Å². The highest BCUT2D eigenvalue weighted by molar-refractivity contribution is 7.89. The Bertz CT molecular complexity index is 475. The summed E-state index contributed by atoms with van der Waals surface area (Å²) in [5.41, 5.74) is 0. The molecule has 0 bridgehead atoms. The molecule has 1 heterocycles. The molecule has 6 heteroatoms. The summed E-state index contributed by atoms with van der Waals surface area (Å²) in [5, 5.41) is 4.81. The molecule has 1 N–H and O–H groups in total. The summed E-state index contributed by atoms with van der Waals surface area (Å²) >= 11 is 1.50. The Labute approximate surface area is 127 Å². The lowest BCUT2D eigenvalue weighted by Gasteiger charge is -2.21. The van der Waals surface area contributed by atoms with Gasteiger partial charge < -0.3 is 5.32 Å². The van der Waals surface area contributed by atoms with Gasteiger partial charge in [0, 0.05) is 29.9 Å². The van der Waals surface area contributed by atoms with Crippen molar-refractivity contribution in [1.29, 1.82) is 0 Å². The summed E-state index contributed by atoms with van der Waals surface area (Å²) in [5.74, 6) is 0. The summed E-state index contributed by atoms with van der Waals surface area (Å²) in [7, 11) is -1.46. The first-order valence-electron chi connectivity index (χ1n) is 7.28. The molecule has 4 nitrogen and oxygen atoms in total. The van der Waals surface area contributed by atoms with Crippen molar-refractivity contribution in [2.75, 3.05) is 20.1 Å². The molecule has 0 spiro atoms. The molecule has 0 saturated carbocycles. The molecule has 0 aliphatic rings. The summed E-state index contributed by atoms with van der Waals surface area (Å²) in [4.78, 5) is 1.50. The molecule has 0 aromatic carbocycles. The third-order valence-corrected chi connectivity index (χ3v) is 6.10. The molecule has 0 aliphatic heterocycles. The number of thiophene rings is 1. The molecule has 0 saturated heterocycles. The van der Waals surface area contributed by atoms with Gasteiger partial charge in [-0.3, -0.25) is 0 Å². The van der Waals surface area contributed by atoms with Crippen LogP contribution in [-0.4, -0.2) is 32.9 Å². The van der Waals surface area contributed by atoms with Gasteiger partial charge in [0.25, 0.3) is 0 Å². The highest BCUT2D eigenvalue weighted by Gasteiger charge is 2.24. The van der Waals surface area contributed by atoms with E-state index in [0.717, 1.165) is 30.6 Å². The molecular weight excluding hydrogens is 292 g/mol. The Kier molecular flexibility index (Phi) is 7.72. The van der Waals surface area contributed by atoms with Crippen LogP contribution in [0.4, 0.5) is 0 Å². The number of nitrogens with one attached hydrogen (secondary N) is 1. The maximum absolute atomic E-state index is 12.7. The van der Waals surface area contributed by atoms with Crippen LogP contribution in [0.25, 0.3) is 0 Å².